The molecule has 0 spiro atoms. The maximum absolute atomic E-state index is 11.6. The largest absolute Gasteiger partial charge is 0.522 e. The summed E-state index contributed by atoms with van der Waals surface area (Å²) in [5.41, 5.74) is 0. The number of carbonyl (C=O) groups excluding carboxylic acids is 1. The second kappa shape index (κ2) is 6.44. The molecule has 88 valence electrons. The van der Waals surface area contributed by atoms with E-state index in [2.05, 4.69) is 16.1 Å². The molecule has 0 aromatic rings. The Balaban J connectivity index is 3.53. The summed E-state index contributed by atoms with van der Waals surface area (Å²) in [5, 5.41) is 0. The first-order valence-electron chi connectivity index (χ1n) is 4.35. The van der Waals surface area contributed by atoms with E-state index in [-0.39, 0.29) is 18.9 Å². The lowest BCUT2D eigenvalue weighted by molar-refractivity contribution is -0.325. The lowest BCUT2D eigenvalue weighted by Gasteiger charge is -2.12. The van der Waals surface area contributed by atoms with Gasteiger partial charge in [-0.15, -0.1) is 13.2 Å². The Labute approximate surface area is 85.9 Å². The zero-order chi connectivity index (χ0) is 11.9. The fourth-order valence-electron chi connectivity index (χ4n) is 0.742. The molecule has 0 heterocycles. The molecule has 1 atom stereocenters. The van der Waals surface area contributed by atoms with Gasteiger partial charge in [0.2, 0.25) is 0 Å². The fourth-order valence-corrected chi connectivity index (χ4v) is 0.742. The smallest absolute Gasteiger partial charge is 0.462 e. The zero-order valence-corrected chi connectivity index (χ0v) is 8.34. The maximum Gasteiger partial charge on any atom is 0.522 e. The van der Waals surface area contributed by atoms with Crippen LogP contribution in [0.1, 0.15) is 13.3 Å². The Morgan fingerprint density at radius 3 is 2.60 bits per heavy atom. The Morgan fingerprint density at radius 1 is 1.53 bits per heavy atom. The van der Waals surface area contributed by atoms with Gasteiger partial charge in [0, 0.05) is 6.08 Å². The van der Waals surface area contributed by atoms with Gasteiger partial charge in [0.15, 0.2) is 0 Å². The van der Waals surface area contributed by atoms with Crippen LogP contribution in [0.25, 0.3) is 0 Å². The van der Waals surface area contributed by atoms with Crippen LogP contribution in [0, 0.1) is 5.92 Å². The van der Waals surface area contributed by atoms with Crippen LogP contribution in [0.4, 0.5) is 13.2 Å². The summed E-state index contributed by atoms with van der Waals surface area (Å²) >= 11 is 0. The highest BCUT2D eigenvalue weighted by atomic mass is 19.4. The van der Waals surface area contributed by atoms with Gasteiger partial charge in [-0.2, -0.15) is 0 Å². The molecule has 0 aliphatic carbocycles. The van der Waals surface area contributed by atoms with E-state index in [0.717, 1.165) is 6.08 Å². The average molecular weight is 226 g/mol. The van der Waals surface area contributed by atoms with E-state index in [1.165, 1.54) is 0 Å². The summed E-state index contributed by atoms with van der Waals surface area (Å²) in [6.07, 6.45) is -3.43. The fraction of sp³-hybridized carbons (Fsp3) is 0.667. The van der Waals surface area contributed by atoms with Crippen molar-refractivity contribution in [2.45, 2.75) is 19.7 Å². The molecule has 0 N–H and O–H groups in total. The minimum atomic E-state index is -4.60. The minimum absolute atomic E-state index is 0.0616. The van der Waals surface area contributed by atoms with Crippen LogP contribution < -0.4 is 0 Å². The highest BCUT2D eigenvalue weighted by Crippen LogP contribution is 2.17. The lowest BCUT2D eigenvalue weighted by atomic mass is 10.1. The third kappa shape index (κ3) is 9.27. The highest BCUT2D eigenvalue weighted by molar-refractivity contribution is 5.81. The third-order valence-corrected chi connectivity index (χ3v) is 1.55. The van der Waals surface area contributed by atoms with Crippen molar-refractivity contribution in [1.29, 1.82) is 0 Å². The van der Waals surface area contributed by atoms with Crippen molar-refractivity contribution in [3.05, 3.63) is 12.7 Å². The van der Waals surface area contributed by atoms with Crippen LogP contribution in [0.15, 0.2) is 12.7 Å². The Hall–Kier alpha value is -1.04. The van der Waals surface area contributed by atoms with Gasteiger partial charge in [0.05, 0.1) is 13.2 Å². The number of hydrogen-bond acceptors (Lipinski definition) is 3. The predicted molar refractivity (Wildman–Crippen MR) is 46.9 cm³/mol. The Bertz CT molecular complexity index is 213. The zero-order valence-electron chi connectivity index (χ0n) is 8.34. The van der Waals surface area contributed by atoms with E-state index < -0.39 is 18.9 Å². The summed E-state index contributed by atoms with van der Waals surface area (Å²) in [7, 11) is 0. The highest BCUT2D eigenvalue weighted by Gasteiger charge is 2.28. The first-order valence-corrected chi connectivity index (χ1v) is 4.35. The molecular formula is C9H13F3O3. The van der Waals surface area contributed by atoms with Crippen LogP contribution in [0.3, 0.4) is 0 Å². The van der Waals surface area contributed by atoms with Crippen LogP contribution in [0.2, 0.25) is 0 Å². The molecule has 0 aromatic carbocycles. The van der Waals surface area contributed by atoms with Crippen LogP contribution >= 0.6 is 0 Å². The van der Waals surface area contributed by atoms with Crippen LogP contribution in [-0.4, -0.2) is 25.5 Å². The Morgan fingerprint density at radius 2 is 2.13 bits per heavy atom. The molecule has 3 nitrogen and oxygen atoms in total. The first kappa shape index (κ1) is 14.0. The molecule has 0 saturated heterocycles. The number of carbonyl (C=O) groups is 1. The summed E-state index contributed by atoms with van der Waals surface area (Å²) in [4.78, 5) is 10.6. The minimum Gasteiger partial charge on any atom is -0.462 e. The van der Waals surface area contributed by atoms with E-state index >= 15 is 0 Å². The molecule has 0 aliphatic heterocycles. The van der Waals surface area contributed by atoms with Crippen molar-refractivity contribution in [3.63, 3.8) is 0 Å². The predicted octanol–water partition coefficient (Wildman–Crippen LogP) is 2.28. The summed E-state index contributed by atoms with van der Waals surface area (Å²) in [6, 6.07) is 0. The molecular weight excluding hydrogens is 213 g/mol. The van der Waals surface area contributed by atoms with Crippen molar-refractivity contribution in [2.24, 2.45) is 5.92 Å². The van der Waals surface area contributed by atoms with Gasteiger partial charge in [-0.3, -0.25) is 4.74 Å². The van der Waals surface area contributed by atoms with Crippen LogP contribution in [0.5, 0.6) is 0 Å². The number of ether oxygens (including phenoxy) is 2. The standard InChI is InChI=1S/C9H13F3O3/c1-3-8(13)14-6-7(2)4-5-15-9(10,11)12/h3,7H,1,4-6H2,2H3. The number of alkyl halides is 3. The molecule has 0 radical (unpaired) electrons. The summed E-state index contributed by atoms with van der Waals surface area (Å²) in [6.45, 7) is 4.48. The number of rotatable bonds is 6. The SMILES string of the molecule is C=CC(=O)OCC(C)CCOC(F)(F)F. The molecule has 0 bridgehead atoms. The van der Waals surface area contributed by atoms with Gasteiger partial charge in [-0.05, 0) is 12.3 Å². The van der Waals surface area contributed by atoms with E-state index in [0.29, 0.717) is 0 Å². The molecule has 0 rings (SSSR count). The molecule has 0 aromatic heterocycles. The second-order valence-corrected chi connectivity index (χ2v) is 3.02. The molecule has 1 unspecified atom stereocenters. The van der Waals surface area contributed by atoms with Gasteiger partial charge in [0.25, 0.3) is 0 Å². The van der Waals surface area contributed by atoms with E-state index in [1.54, 1.807) is 6.92 Å². The van der Waals surface area contributed by atoms with Gasteiger partial charge >= 0.3 is 12.3 Å². The van der Waals surface area contributed by atoms with E-state index in [4.69, 9.17) is 0 Å². The molecule has 0 amide bonds. The molecule has 6 heteroatoms. The topological polar surface area (TPSA) is 35.5 Å². The molecule has 15 heavy (non-hydrogen) atoms. The van der Waals surface area contributed by atoms with E-state index in [1.807, 2.05) is 0 Å². The van der Waals surface area contributed by atoms with Gasteiger partial charge in [-0.1, -0.05) is 13.5 Å². The molecule has 0 fully saturated rings. The van der Waals surface area contributed by atoms with Crippen molar-refractivity contribution in [3.8, 4) is 0 Å². The summed E-state index contributed by atoms with van der Waals surface area (Å²) < 4.78 is 42.9. The quantitative estimate of drug-likeness (QED) is 0.515. The summed E-state index contributed by atoms with van der Waals surface area (Å²) in [5.74, 6) is -0.769. The first-order chi connectivity index (χ1) is 6.85. The van der Waals surface area contributed by atoms with Gasteiger partial charge < -0.3 is 4.74 Å². The van der Waals surface area contributed by atoms with Crippen molar-refractivity contribution >= 4 is 5.97 Å². The maximum atomic E-state index is 11.6. The van der Waals surface area contributed by atoms with Crippen molar-refractivity contribution in [1.82, 2.24) is 0 Å². The van der Waals surface area contributed by atoms with Crippen LogP contribution in [-0.2, 0) is 14.3 Å². The van der Waals surface area contributed by atoms with Crippen molar-refractivity contribution in [2.75, 3.05) is 13.2 Å². The van der Waals surface area contributed by atoms with Gasteiger partial charge in [0.1, 0.15) is 0 Å². The average Bonchev–Trinajstić information content (AvgIpc) is 2.12. The Kier molecular flexibility index (Phi) is 6.00. The normalized spacial score (nSPS) is 13.3. The van der Waals surface area contributed by atoms with Crippen molar-refractivity contribution < 1.29 is 27.4 Å². The monoisotopic (exact) mass is 226 g/mol. The third-order valence-electron chi connectivity index (χ3n) is 1.55. The number of hydrogen-bond donors (Lipinski definition) is 0. The second-order valence-electron chi connectivity index (χ2n) is 3.02. The molecule has 0 aliphatic rings. The lowest BCUT2D eigenvalue weighted by Crippen LogP contribution is -2.17. The number of halogens is 3. The van der Waals surface area contributed by atoms with E-state index in [9.17, 15) is 18.0 Å². The van der Waals surface area contributed by atoms with Gasteiger partial charge in [-0.25, -0.2) is 4.79 Å². The number of esters is 1. The molecule has 0 saturated carbocycles.